The molecule has 0 saturated carbocycles. The molecule has 1 aliphatic heterocycles. The lowest BCUT2D eigenvalue weighted by Gasteiger charge is -2.39. The van der Waals surface area contributed by atoms with E-state index in [9.17, 15) is 5.11 Å². The molecule has 2 unspecified atom stereocenters. The van der Waals surface area contributed by atoms with Gasteiger partial charge < -0.3 is 14.7 Å². The van der Waals surface area contributed by atoms with Crippen molar-refractivity contribution >= 4 is 12.4 Å². The Morgan fingerprint density at radius 1 is 0.875 bits per heavy atom. The van der Waals surface area contributed by atoms with Gasteiger partial charge in [0.1, 0.15) is 11.4 Å². The van der Waals surface area contributed by atoms with Crippen molar-refractivity contribution in [1.82, 2.24) is 4.90 Å². The van der Waals surface area contributed by atoms with Crippen LogP contribution in [-0.4, -0.2) is 36.2 Å². The summed E-state index contributed by atoms with van der Waals surface area (Å²) in [6.07, 6.45) is 3.04. The Labute approximate surface area is 198 Å². The van der Waals surface area contributed by atoms with Crippen LogP contribution in [0.3, 0.4) is 0 Å². The van der Waals surface area contributed by atoms with E-state index in [1.54, 1.807) is 0 Å². The number of hydrogen-bond donors (Lipinski definition) is 1. The Bertz CT molecular complexity index is 927. The molecule has 4 heteroatoms. The zero-order chi connectivity index (χ0) is 21.5. The molecule has 0 bridgehead atoms. The lowest BCUT2D eigenvalue weighted by atomic mass is 9.73. The van der Waals surface area contributed by atoms with Gasteiger partial charge in [0.05, 0.1) is 6.61 Å². The summed E-state index contributed by atoms with van der Waals surface area (Å²) in [5, 5.41) is 12.5. The minimum Gasteiger partial charge on any atom is -0.494 e. The van der Waals surface area contributed by atoms with Gasteiger partial charge in [-0.15, -0.1) is 12.4 Å². The number of likely N-dealkylation sites (tertiary alicyclic amines) is 1. The Balaban J connectivity index is 0.00000289. The van der Waals surface area contributed by atoms with Gasteiger partial charge >= 0.3 is 0 Å². The standard InChI is InChI=1S/C28H33NO2.ClH/c1-2-31-26-17-15-25(16-18-26)28(30,21-23-11-5-3-6-12-23)27(22-29-19-9-10-20-29)24-13-7-4-8-14-24;/h3-8,11-18,27,30H,2,9-10,19-22H2,1H3;1H. The molecule has 0 amide bonds. The van der Waals surface area contributed by atoms with Gasteiger partial charge in [-0.1, -0.05) is 72.8 Å². The van der Waals surface area contributed by atoms with E-state index >= 15 is 0 Å². The van der Waals surface area contributed by atoms with Gasteiger partial charge in [-0.2, -0.15) is 0 Å². The molecule has 0 aliphatic carbocycles. The molecule has 1 saturated heterocycles. The van der Waals surface area contributed by atoms with E-state index in [4.69, 9.17) is 4.74 Å². The average Bonchev–Trinajstić information content (AvgIpc) is 3.33. The molecule has 3 aromatic carbocycles. The normalized spacial score (nSPS) is 16.7. The second-order valence-electron chi connectivity index (χ2n) is 8.52. The van der Waals surface area contributed by atoms with Crippen molar-refractivity contribution in [2.75, 3.05) is 26.2 Å². The van der Waals surface area contributed by atoms with Gasteiger partial charge in [-0.3, -0.25) is 0 Å². The second kappa shape index (κ2) is 11.5. The van der Waals surface area contributed by atoms with E-state index in [-0.39, 0.29) is 18.3 Å². The largest absolute Gasteiger partial charge is 0.494 e. The third-order valence-electron chi connectivity index (χ3n) is 6.40. The molecular formula is C28H34ClNO2. The third-order valence-corrected chi connectivity index (χ3v) is 6.40. The van der Waals surface area contributed by atoms with E-state index in [1.165, 1.54) is 18.4 Å². The van der Waals surface area contributed by atoms with E-state index in [0.29, 0.717) is 13.0 Å². The summed E-state index contributed by atoms with van der Waals surface area (Å²) < 4.78 is 5.65. The van der Waals surface area contributed by atoms with Crippen molar-refractivity contribution in [1.29, 1.82) is 0 Å². The second-order valence-corrected chi connectivity index (χ2v) is 8.52. The van der Waals surface area contributed by atoms with Crippen molar-refractivity contribution in [3.8, 4) is 5.75 Å². The minimum atomic E-state index is -1.03. The Kier molecular flexibility index (Phi) is 8.75. The number of nitrogens with zero attached hydrogens (tertiary/aromatic N) is 1. The Morgan fingerprint density at radius 3 is 2.06 bits per heavy atom. The van der Waals surface area contributed by atoms with Crippen molar-refractivity contribution in [2.24, 2.45) is 0 Å². The summed E-state index contributed by atoms with van der Waals surface area (Å²) in [7, 11) is 0. The molecule has 1 fully saturated rings. The minimum absolute atomic E-state index is 0. The summed E-state index contributed by atoms with van der Waals surface area (Å²) >= 11 is 0. The Hall–Kier alpha value is -2.33. The van der Waals surface area contributed by atoms with Gasteiger partial charge in [-0.05, 0) is 61.7 Å². The van der Waals surface area contributed by atoms with Crippen molar-refractivity contribution in [2.45, 2.75) is 37.7 Å². The SMILES string of the molecule is CCOc1ccc(C(O)(Cc2ccccc2)C(CN2CCCC2)c2ccccc2)cc1.Cl. The quantitative estimate of drug-likeness (QED) is 0.445. The molecular weight excluding hydrogens is 418 g/mol. The molecule has 0 radical (unpaired) electrons. The fraction of sp³-hybridized carbons (Fsp3) is 0.357. The van der Waals surface area contributed by atoms with Crippen molar-refractivity contribution in [3.05, 3.63) is 102 Å². The van der Waals surface area contributed by atoms with Crippen LogP contribution in [0.25, 0.3) is 0 Å². The molecule has 3 aromatic rings. The molecule has 1 N–H and O–H groups in total. The molecule has 1 heterocycles. The summed E-state index contributed by atoms with van der Waals surface area (Å²) in [6.45, 7) is 5.68. The molecule has 170 valence electrons. The van der Waals surface area contributed by atoms with E-state index in [0.717, 1.165) is 36.5 Å². The van der Waals surface area contributed by atoms with Gasteiger partial charge in [0.2, 0.25) is 0 Å². The van der Waals surface area contributed by atoms with Gasteiger partial charge in [0, 0.05) is 18.9 Å². The first-order valence-corrected chi connectivity index (χ1v) is 11.5. The van der Waals surface area contributed by atoms with Crippen molar-refractivity contribution in [3.63, 3.8) is 0 Å². The van der Waals surface area contributed by atoms with Gasteiger partial charge in [0.25, 0.3) is 0 Å². The summed E-state index contributed by atoms with van der Waals surface area (Å²) in [5.41, 5.74) is 2.23. The Morgan fingerprint density at radius 2 is 1.47 bits per heavy atom. The number of hydrogen-bond acceptors (Lipinski definition) is 3. The first-order valence-electron chi connectivity index (χ1n) is 11.5. The number of halogens is 1. The molecule has 1 aliphatic rings. The molecule has 0 spiro atoms. The molecule has 3 nitrogen and oxygen atoms in total. The highest BCUT2D eigenvalue weighted by molar-refractivity contribution is 5.85. The molecule has 32 heavy (non-hydrogen) atoms. The zero-order valence-electron chi connectivity index (χ0n) is 18.8. The number of aliphatic hydroxyl groups is 1. The van der Waals surface area contributed by atoms with Crippen molar-refractivity contribution < 1.29 is 9.84 Å². The van der Waals surface area contributed by atoms with Gasteiger partial charge in [-0.25, -0.2) is 0 Å². The maximum atomic E-state index is 12.5. The average molecular weight is 452 g/mol. The van der Waals surface area contributed by atoms with Gasteiger partial charge in [0.15, 0.2) is 0 Å². The fourth-order valence-corrected chi connectivity index (χ4v) is 4.78. The topological polar surface area (TPSA) is 32.7 Å². The first-order chi connectivity index (χ1) is 15.2. The van der Waals surface area contributed by atoms with Crippen LogP contribution in [0, 0.1) is 0 Å². The van der Waals surface area contributed by atoms with Crippen LogP contribution in [0.4, 0.5) is 0 Å². The highest BCUT2D eigenvalue weighted by Gasteiger charge is 2.40. The highest BCUT2D eigenvalue weighted by Crippen LogP contribution is 2.41. The first kappa shape index (κ1) is 24.3. The van der Waals surface area contributed by atoms with Crippen LogP contribution in [0.2, 0.25) is 0 Å². The maximum Gasteiger partial charge on any atom is 0.119 e. The van der Waals surface area contributed by atoms with Crippen LogP contribution >= 0.6 is 12.4 Å². The van der Waals surface area contributed by atoms with Crippen LogP contribution in [0.5, 0.6) is 5.75 Å². The lowest BCUT2D eigenvalue weighted by molar-refractivity contribution is -0.00293. The smallest absolute Gasteiger partial charge is 0.119 e. The summed E-state index contributed by atoms with van der Waals surface area (Å²) in [4.78, 5) is 2.50. The van der Waals surface area contributed by atoms with Crippen LogP contribution < -0.4 is 4.74 Å². The summed E-state index contributed by atoms with van der Waals surface area (Å²) in [5.74, 6) is 0.800. The maximum absolute atomic E-state index is 12.5. The predicted molar refractivity (Wildman–Crippen MR) is 134 cm³/mol. The molecule has 2 atom stereocenters. The highest BCUT2D eigenvalue weighted by atomic mass is 35.5. The number of benzene rings is 3. The number of ether oxygens (including phenoxy) is 1. The van der Waals surface area contributed by atoms with Crippen LogP contribution in [0.15, 0.2) is 84.9 Å². The molecule has 4 rings (SSSR count). The summed E-state index contributed by atoms with van der Waals surface area (Å²) in [6, 6.07) is 28.9. The lowest BCUT2D eigenvalue weighted by Crippen LogP contribution is -2.42. The monoisotopic (exact) mass is 451 g/mol. The molecule has 0 aromatic heterocycles. The van der Waals surface area contributed by atoms with Crippen LogP contribution in [-0.2, 0) is 12.0 Å². The third kappa shape index (κ3) is 5.72. The van der Waals surface area contributed by atoms with Crippen LogP contribution in [0.1, 0.15) is 42.4 Å². The fourth-order valence-electron chi connectivity index (χ4n) is 4.78. The van der Waals surface area contributed by atoms with E-state index < -0.39 is 5.60 Å². The predicted octanol–water partition coefficient (Wildman–Crippen LogP) is 5.82. The zero-order valence-corrected chi connectivity index (χ0v) is 19.6. The number of rotatable bonds is 9. The van der Waals surface area contributed by atoms with E-state index in [1.807, 2.05) is 55.5 Å². The van der Waals surface area contributed by atoms with E-state index in [2.05, 4.69) is 41.3 Å².